The van der Waals surface area contributed by atoms with E-state index in [2.05, 4.69) is 75.3 Å². The van der Waals surface area contributed by atoms with Gasteiger partial charge in [-0.2, -0.15) is 0 Å². The third-order valence-corrected chi connectivity index (χ3v) is 4.21. The van der Waals surface area contributed by atoms with E-state index in [-0.39, 0.29) is 0 Å². The Kier molecular flexibility index (Phi) is 5.35. The van der Waals surface area contributed by atoms with E-state index < -0.39 is 0 Å². The molecule has 114 valence electrons. The van der Waals surface area contributed by atoms with Crippen LogP contribution in [-0.4, -0.2) is 17.6 Å². The Balaban J connectivity index is 2.49. The van der Waals surface area contributed by atoms with Gasteiger partial charge < -0.3 is 5.32 Å². The molecule has 21 heavy (non-hydrogen) atoms. The second-order valence-corrected chi connectivity index (χ2v) is 6.38. The minimum atomic E-state index is 0.468. The van der Waals surface area contributed by atoms with E-state index in [1.54, 1.807) is 0 Å². The Morgan fingerprint density at radius 2 is 1.86 bits per heavy atom. The van der Waals surface area contributed by atoms with Crippen molar-refractivity contribution in [3.05, 3.63) is 41.6 Å². The van der Waals surface area contributed by atoms with Crippen molar-refractivity contribution in [3.63, 3.8) is 0 Å². The molecule has 2 unspecified atom stereocenters. The molecule has 1 heterocycles. The summed E-state index contributed by atoms with van der Waals surface area (Å²) in [5.41, 5.74) is 3.65. The van der Waals surface area contributed by atoms with Gasteiger partial charge in [0.1, 0.15) is 0 Å². The first-order chi connectivity index (χ1) is 10.0. The molecule has 0 fully saturated rings. The highest BCUT2D eigenvalue weighted by Gasteiger charge is 2.24. The summed E-state index contributed by atoms with van der Waals surface area (Å²) in [6, 6.07) is 11.3. The first-order valence-electron chi connectivity index (χ1n) is 8.14. The lowest BCUT2D eigenvalue weighted by molar-refractivity contribution is 0.379. The molecule has 1 N–H and O–H groups in total. The summed E-state index contributed by atoms with van der Waals surface area (Å²) in [4.78, 5) is 4.68. The second-order valence-electron chi connectivity index (χ2n) is 6.38. The topological polar surface area (TPSA) is 24.9 Å². The SMILES string of the molecule is CCCNC(C)C(c1cc(C)nc2ccccc12)C(C)C. The summed E-state index contributed by atoms with van der Waals surface area (Å²) < 4.78 is 0. The van der Waals surface area contributed by atoms with Gasteiger partial charge in [-0.25, -0.2) is 0 Å². The van der Waals surface area contributed by atoms with Crippen LogP contribution in [0.5, 0.6) is 0 Å². The minimum absolute atomic E-state index is 0.468. The second kappa shape index (κ2) is 7.04. The Morgan fingerprint density at radius 3 is 2.52 bits per heavy atom. The zero-order valence-corrected chi connectivity index (χ0v) is 14.0. The lowest BCUT2D eigenvalue weighted by Crippen LogP contribution is -2.35. The molecule has 0 saturated heterocycles. The van der Waals surface area contributed by atoms with E-state index in [4.69, 9.17) is 0 Å². The predicted octanol–water partition coefficient (Wildman–Crippen LogP) is 4.67. The summed E-state index contributed by atoms with van der Waals surface area (Å²) in [6.45, 7) is 12.3. The highest BCUT2D eigenvalue weighted by atomic mass is 14.9. The molecule has 0 spiro atoms. The van der Waals surface area contributed by atoms with Crippen molar-refractivity contribution in [1.82, 2.24) is 10.3 Å². The fraction of sp³-hybridized carbons (Fsp3) is 0.526. The summed E-state index contributed by atoms with van der Waals surface area (Å²) in [7, 11) is 0. The van der Waals surface area contributed by atoms with Crippen molar-refractivity contribution in [1.29, 1.82) is 0 Å². The third-order valence-electron chi connectivity index (χ3n) is 4.21. The average Bonchev–Trinajstić information content (AvgIpc) is 2.44. The first-order valence-corrected chi connectivity index (χ1v) is 8.14. The number of fused-ring (bicyclic) bond motifs is 1. The molecule has 2 rings (SSSR count). The zero-order chi connectivity index (χ0) is 15.4. The number of aryl methyl sites for hydroxylation is 1. The largest absolute Gasteiger partial charge is 0.314 e. The van der Waals surface area contributed by atoms with Gasteiger partial charge in [-0.15, -0.1) is 0 Å². The number of aromatic nitrogens is 1. The van der Waals surface area contributed by atoms with Crippen LogP contribution in [0.3, 0.4) is 0 Å². The van der Waals surface area contributed by atoms with Gasteiger partial charge in [0.25, 0.3) is 0 Å². The van der Waals surface area contributed by atoms with Crippen LogP contribution >= 0.6 is 0 Å². The van der Waals surface area contributed by atoms with Gasteiger partial charge in [0, 0.05) is 23.0 Å². The molecule has 1 aromatic carbocycles. The van der Waals surface area contributed by atoms with Crippen molar-refractivity contribution in [2.45, 2.75) is 53.0 Å². The highest BCUT2D eigenvalue weighted by Crippen LogP contribution is 2.33. The molecule has 0 aliphatic carbocycles. The molecule has 2 nitrogen and oxygen atoms in total. The van der Waals surface area contributed by atoms with Crippen molar-refractivity contribution in [2.75, 3.05) is 6.54 Å². The molecular formula is C19H28N2. The molecule has 2 atom stereocenters. The monoisotopic (exact) mass is 284 g/mol. The van der Waals surface area contributed by atoms with Gasteiger partial charge in [0.05, 0.1) is 5.52 Å². The van der Waals surface area contributed by atoms with Gasteiger partial charge >= 0.3 is 0 Å². The van der Waals surface area contributed by atoms with Gasteiger partial charge in [0.2, 0.25) is 0 Å². The number of nitrogens with zero attached hydrogens (tertiary/aromatic N) is 1. The molecule has 2 aromatic rings. The van der Waals surface area contributed by atoms with E-state index in [1.165, 1.54) is 17.4 Å². The van der Waals surface area contributed by atoms with Crippen LogP contribution in [0.25, 0.3) is 10.9 Å². The Hall–Kier alpha value is -1.41. The summed E-state index contributed by atoms with van der Waals surface area (Å²) >= 11 is 0. The van der Waals surface area contributed by atoms with Crippen LogP contribution in [0.2, 0.25) is 0 Å². The van der Waals surface area contributed by atoms with E-state index in [0.29, 0.717) is 17.9 Å². The van der Waals surface area contributed by atoms with Gasteiger partial charge in [-0.05, 0) is 50.4 Å². The molecule has 1 aromatic heterocycles. The molecular weight excluding hydrogens is 256 g/mol. The summed E-state index contributed by atoms with van der Waals surface area (Å²) in [5, 5.41) is 4.97. The molecule has 0 aliphatic rings. The van der Waals surface area contributed by atoms with Crippen molar-refractivity contribution in [3.8, 4) is 0 Å². The fourth-order valence-electron chi connectivity index (χ4n) is 3.32. The van der Waals surface area contributed by atoms with Crippen LogP contribution < -0.4 is 5.32 Å². The maximum Gasteiger partial charge on any atom is 0.0708 e. The minimum Gasteiger partial charge on any atom is -0.314 e. The predicted molar refractivity (Wildman–Crippen MR) is 91.8 cm³/mol. The number of hydrogen-bond acceptors (Lipinski definition) is 2. The van der Waals surface area contributed by atoms with Crippen molar-refractivity contribution < 1.29 is 0 Å². The van der Waals surface area contributed by atoms with E-state index in [9.17, 15) is 0 Å². The quantitative estimate of drug-likeness (QED) is 0.833. The number of benzene rings is 1. The van der Waals surface area contributed by atoms with Gasteiger partial charge in [0.15, 0.2) is 0 Å². The summed E-state index contributed by atoms with van der Waals surface area (Å²) in [6.07, 6.45) is 1.17. The smallest absolute Gasteiger partial charge is 0.0708 e. The summed E-state index contributed by atoms with van der Waals surface area (Å²) in [5.74, 6) is 1.10. The third kappa shape index (κ3) is 3.62. The average molecular weight is 284 g/mol. The molecule has 0 saturated carbocycles. The molecule has 2 heteroatoms. The number of nitrogens with one attached hydrogen (secondary N) is 1. The van der Waals surface area contributed by atoms with E-state index in [1.807, 2.05) is 0 Å². The molecule has 0 amide bonds. The fourth-order valence-corrected chi connectivity index (χ4v) is 3.32. The Morgan fingerprint density at radius 1 is 1.14 bits per heavy atom. The van der Waals surface area contributed by atoms with Gasteiger partial charge in [-0.1, -0.05) is 39.0 Å². The van der Waals surface area contributed by atoms with E-state index >= 15 is 0 Å². The van der Waals surface area contributed by atoms with Crippen LogP contribution in [0.1, 0.15) is 51.3 Å². The maximum absolute atomic E-state index is 4.68. The van der Waals surface area contributed by atoms with Crippen molar-refractivity contribution in [2.24, 2.45) is 5.92 Å². The lowest BCUT2D eigenvalue weighted by atomic mass is 9.81. The maximum atomic E-state index is 4.68. The highest BCUT2D eigenvalue weighted by molar-refractivity contribution is 5.83. The van der Waals surface area contributed by atoms with Gasteiger partial charge in [-0.3, -0.25) is 4.98 Å². The van der Waals surface area contributed by atoms with Crippen LogP contribution in [0.4, 0.5) is 0 Å². The first kappa shape index (κ1) is 16.0. The van der Waals surface area contributed by atoms with Crippen LogP contribution in [0.15, 0.2) is 30.3 Å². The Bertz CT molecular complexity index is 589. The molecule has 0 bridgehead atoms. The number of hydrogen-bond donors (Lipinski definition) is 1. The lowest BCUT2D eigenvalue weighted by Gasteiger charge is -2.30. The van der Waals surface area contributed by atoms with Crippen LogP contribution in [0, 0.1) is 12.8 Å². The number of rotatable bonds is 6. The Labute approximate surface area is 129 Å². The van der Waals surface area contributed by atoms with Crippen LogP contribution in [-0.2, 0) is 0 Å². The standard InChI is InChI=1S/C19H28N2/c1-6-11-20-15(5)19(13(2)3)17-12-14(4)21-18-10-8-7-9-16(17)18/h7-10,12-13,15,19-20H,6,11H2,1-5H3. The zero-order valence-electron chi connectivity index (χ0n) is 14.0. The normalized spacial score (nSPS) is 14.6. The van der Waals surface area contributed by atoms with Crippen molar-refractivity contribution >= 4 is 10.9 Å². The molecule has 0 radical (unpaired) electrons. The number of para-hydroxylation sites is 1. The number of pyridine rings is 1. The van der Waals surface area contributed by atoms with E-state index in [0.717, 1.165) is 17.8 Å². The molecule has 0 aliphatic heterocycles.